The molecule has 3 aliphatic rings. The number of aromatic nitrogens is 5. The Labute approximate surface area is 228 Å². The van der Waals surface area contributed by atoms with Crippen LogP contribution in [0.3, 0.4) is 0 Å². The van der Waals surface area contributed by atoms with Gasteiger partial charge in [-0.3, -0.25) is 4.52 Å². The third-order valence-electron chi connectivity index (χ3n) is 7.80. The molecule has 0 spiro atoms. The quantitative estimate of drug-likeness (QED) is 0.260. The SMILES string of the molecule is COCc1cc2c(Nc3cc([C@H]4C[C@@H](F)[C@@H](OC(=O)NC5CC6CC6C5)C4)nn3COP(=O)(O)O)nccn2n1. The predicted octanol–water partition coefficient (Wildman–Crippen LogP) is 2.99. The highest BCUT2D eigenvalue weighted by Gasteiger charge is 2.47. The van der Waals surface area contributed by atoms with Gasteiger partial charge < -0.3 is 29.9 Å². The second-order valence-electron chi connectivity index (χ2n) is 10.7. The lowest BCUT2D eigenvalue weighted by molar-refractivity contribution is 0.0584. The number of ether oxygens (including phenoxy) is 2. The van der Waals surface area contributed by atoms with E-state index in [-0.39, 0.29) is 18.9 Å². The summed E-state index contributed by atoms with van der Waals surface area (Å²) < 4.78 is 44.5. The van der Waals surface area contributed by atoms with Crippen LogP contribution in [0.5, 0.6) is 0 Å². The maximum Gasteiger partial charge on any atom is 0.471 e. The number of halogens is 1. The van der Waals surface area contributed by atoms with Crippen LogP contribution >= 0.6 is 7.82 Å². The maximum absolute atomic E-state index is 15.0. The first-order valence-electron chi connectivity index (χ1n) is 13.1. The van der Waals surface area contributed by atoms with E-state index in [1.54, 1.807) is 36.2 Å². The molecular formula is C24H31FN7O7P. The zero-order valence-electron chi connectivity index (χ0n) is 21.7. The van der Waals surface area contributed by atoms with Crippen LogP contribution in [0.25, 0.3) is 5.52 Å². The molecule has 0 radical (unpaired) electrons. The van der Waals surface area contributed by atoms with Crippen molar-refractivity contribution in [2.24, 2.45) is 11.8 Å². The number of carbonyl (C=O) groups is 1. The van der Waals surface area contributed by atoms with Gasteiger partial charge in [-0.25, -0.2) is 27.9 Å². The molecule has 3 saturated carbocycles. The Bertz CT molecular complexity index is 1430. The summed E-state index contributed by atoms with van der Waals surface area (Å²) in [6, 6.07) is 3.52. The molecule has 6 rings (SSSR count). The molecule has 216 valence electrons. The normalized spacial score (nSPS) is 27.6. The van der Waals surface area contributed by atoms with Crippen molar-refractivity contribution >= 4 is 31.1 Å². The Morgan fingerprint density at radius 1 is 1.18 bits per heavy atom. The van der Waals surface area contributed by atoms with Crippen molar-refractivity contribution < 1.29 is 37.5 Å². The summed E-state index contributed by atoms with van der Waals surface area (Å²) in [6.07, 6.45) is 3.75. The van der Waals surface area contributed by atoms with Gasteiger partial charge in [-0.1, -0.05) is 0 Å². The van der Waals surface area contributed by atoms with Crippen molar-refractivity contribution in [1.29, 1.82) is 0 Å². The van der Waals surface area contributed by atoms with Crippen LogP contribution in [0.2, 0.25) is 0 Å². The summed E-state index contributed by atoms with van der Waals surface area (Å²) in [5.74, 6) is 1.72. The molecule has 4 N–H and O–H groups in total. The molecule has 0 saturated heterocycles. The molecule has 3 heterocycles. The smallest absolute Gasteiger partial charge is 0.443 e. The minimum Gasteiger partial charge on any atom is -0.443 e. The van der Waals surface area contributed by atoms with Crippen molar-refractivity contribution in [3.8, 4) is 0 Å². The van der Waals surface area contributed by atoms with Crippen molar-refractivity contribution in [2.45, 2.75) is 69.7 Å². The molecule has 3 aromatic heterocycles. The molecule has 40 heavy (non-hydrogen) atoms. The van der Waals surface area contributed by atoms with Gasteiger partial charge in [-0.15, -0.1) is 0 Å². The Morgan fingerprint density at radius 2 is 1.98 bits per heavy atom. The van der Waals surface area contributed by atoms with E-state index in [2.05, 4.69) is 30.3 Å². The molecule has 3 aromatic rings. The van der Waals surface area contributed by atoms with E-state index in [1.807, 2.05) is 0 Å². The summed E-state index contributed by atoms with van der Waals surface area (Å²) in [5.41, 5.74) is 1.77. The first-order chi connectivity index (χ1) is 19.1. The molecular weight excluding hydrogens is 548 g/mol. The van der Waals surface area contributed by atoms with Crippen LogP contribution in [-0.4, -0.2) is 65.7 Å². The Kier molecular flexibility index (Phi) is 7.25. The lowest BCUT2D eigenvalue weighted by Gasteiger charge is -2.18. The fourth-order valence-electron chi connectivity index (χ4n) is 5.86. The monoisotopic (exact) mass is 579 g/mol. The molecule has 0 bridgehead atoms. The van der Waals surface area contributed by atoms with Gasteiger partial charge in [-0.05, 0) is 50.0 Å². The number of alkyl carbamates (subject to hydrolysis) is 1. The Morgan fingerprint density at radius 3 is 2.73 bits per heavy atom. The number of nitrogens with zero attached hydrogens (tertiary/aromatic N) is 5. The van der Waals surface area contributed by atoms with Crippen LogP contribution in [-0.2, 0) is 31.9 Å². The predicted molar refractivity (Wildman–Crippen MR) is 137 cm³/mol. The fraction of sp³-hybridized carbons (Fsp3) is 0.583. The van der Waals surface area contributed by atoms with E-state index in [0.29, 0.717) is 47.0 Å². The molecule has 0 aliphatic heterocycles. The second kappa shape index (κ2) is 10.7. The number of fused-ring (bicyclic) bond motifs is 2. The summed E-state index contributed by atoms with van der Waals surface area (Å²) >= 11 is 0. The fourth-order valence-corrected chi connectivity index (χ4v) is 6.12. The summed E-state index contributed by atoms with van der Waals surface area (Å²) in [7, 11) is -3.24. The molecule has 2 unspecified atom stereocenters. The van der Waals surface area contributed by atoms with Crippen LogP contribution in [0.15, 0.2) is 24.5 Å². The van der Waals surface area contributed by atoms with Gasteiger partial charge in [0.15, 0.2) is 12.5 Å². The molecule has 0 aromatic carbocycles. The number of alkyl halides is 1. The van der Waals surface area contributed by atoms with Gasteiger partial charge in [0, 0.05) is 37.5 Å². The molecule has 1 amide bonds. The van der Waals surface area contributed by atoms with Gasteiger partial charge >= 0.3 is 13.9 Å². The van der Waals surface area contributed by atoms with Crippen molar-refractivity contribution in [3.63, 3.8) is 0 Å². The number of phosphoric acid groups is 1. The molecule has 16 heteroatoms. The van der Waals surface area contributed by atoms with Crippen LogP contribution < -0.4 is 10.6 Å². The number of methoxy groups -OCH3 is 1. The summed E-state index contributed by atoms with van der Waals surface area (Å²) in [5, 5.41) is 14.8. The zero-order chi connectivity index (χ0) is 28.0. The number of amides is 1. The van der Waals surface area contributed by atoms with Gasteiger partial charge in [0.1, 0.15) is 23.6 Å². The number of hydrogen-bond acceptors (Lipinski definition) is 9. The number of nitrogens with one attached hydrogen (secondary N) is 2. The Balaban J connectivity index is 1.18. The van der Waals surface area contributed by atoms with E-state index in [9.17, 15) is 23.5 Å². The molecule has 5 atom stereocenters. The van der Waals surface area contributed by atoms with Gasteiger partial charge in [0.25, 0.3) is 0 Å². The second-order valence-corrected chi connectivity index (χ2v) is 11.9. The minimum absolute atomic E-state index is 0.0815. The average Bonchev–Trinajstić information content (AvgIpc) is 3.29. The highest BCUT2D eigenvalue weighted by Crippen LogP contribution is 2.51. The number of anilines is 2. The maximum atomic E-state index is 15.0. The van der Waals surface area contributed by atoms with E-state index in [4.69, 9.17) is 9.47 Å². The minimum atomic E-state index is -4.80. The third kappa shape index (κ3) is 5.98. The van der Waals surface area contributed by atoms with Crippen LogP contribution in [0, 0.1) is 11.8 Å². The molecule has 3 fully saturated rings. The van der Waals surface area contributed by atoms with E-state index in [1.165, 1.54) is 11.1 Å². The summed E-state index contributed by atoms with van der Waals surface area (Å²) in [4.78, 5) is 35.2. The van der Waals surface area contributed by atoms with Gasteiger partial charge in [0.2, 0.25) is 0 Å². The highest BCUT2D eigenvalue weighted by atomic mass is 31.2. The standard InChI is InChI=1S/C24H31FN7O7P/c1-37-11-17-9-20-23(26-2-3-31(20)29-17)28-22-10-19(30-32(22)12-38-40(34,35)36)15-7-18(25)21(8-15)39-24(33)27-16-5-13-4-14(13)6-16/h2-3,9-10,13-16,18,21H,4-8,11-12H2,1H3,(H,26,28)(H,27,33)(H2,34,35,36)/t13?,14?,15-,16?,18+,21-/m0/s1. The number of phosphoric ester groups is 1. The first-order valence-corrected chi connectivity index (χ1v) is 14.7. The van der Waals surface area contributed by atoms with Crippen molar-refractivity contribution in [3.05, 3.63) is 35.9 Å². The molecule has 14 nitrogen and oxygen atoms in total. The largest absolute Gasteiger partial charge is 0.471 e. The van der Waals surface area contributed by atoms with E-state index < -0.39 is 38.8 Å². The number of hydrogen-bond donors (Lipinski definition) is 4. The van der Waals surface area contributed by atoms with Gasteiger partial charge in [0.05, 0.1) is 18.0 Å². The van der Waals surface area contributed by atoms with E-state index >= 15 is 0 Å². The number of carbonyl (C=O) groups excluding carboxylic acids is 1. The topological polar surface area (TPSA) is 174 Å². The highest BCUT2D eigenvalue weighted by molar-refractivity contribution is 7.46. The summed E-state index contributed by atoms with van der Waals surface area (Å²) in [6.45, 7) is -0.268. The van der Waals surface area contributed by atoms with Gasteiger partial charge in [-0.2, -0.15) is 10.2 Å². The third-order valence-corrected chi connectivity index (χ3v) is 8.25. The molecule has 3 aliphatic carbocycles. The van der Waals surface area contributed by atoms with Crippen molar-refractivity contribution in [1.82, 2.24) is 29.7 Å². The lowest BCUT2D eigenvalue weighted by atomic mass is 10.0. The first kappa shape index (κ1) is 27.1. The zero-order valence-corrected chi connectivity index (χ0v) is 22.6. The van der Waals surface area contributed by atoms with Crippen molar-refractivity contribution in [2.75, 3.05) is 12.4 Å². The van der Waals surface area contributed by atoms with E-state index in [0.717, 1.165) is 12.8 Å². The average molecular weight is 580 g/mol. The van der Waals surface area contributed by atoms with Crippen LogP contribution in [0.1, 0.15) is 49.4 Å². The Hall–Kier alpha value is -3.10. The van der Waals surface area contributed by atoms with Crippen LogP contribution in [0.4, 0.5) is 20.8 Å². The lowest BCUT2D eigenvalue weighted by Crippen LogP contribution is -2.37. The number of rotatable bonds is 10.